The number of amides is 2. The van der Waals surface area contributed by atoms with Crippen LogP contribution in [0, 0.1) is 0 Å². The van der Waals surface area contributed by atoms with Gasteiger partial charge in [-0.05, 0) is 94.0 Å². The number of ether oxygens (including phenoxy) is 6. The summed E-state index contributed by atoms with van der Waals surface area (Å²) in [4.78, 5) is 39.3. The number of hydrogen-bond acceptors (Lipinski definition) is 12. The number of aromatic nitrogens is 3. The van der Waals surface area contributed by atoms with Gasteiger partial charge in [0.2, 0.25) is 8.32 Å². The highest BCUT2D eigenvalue weighted by molar-refractivity contribution is 6.77. The summed E-state index contributed by atoms with van der Waals surface area (Å²) in [5, 5.41) is 15.8. The Labute approximate surface area is 456 Å². The summed E-state index contributed by atoms with van der Waals surface area (Å²) >= 11 is 0. The molecule has 404 valence electrons. The highest BCUT2D eigenvalue weighted by atomic mass is 28.4. The summed E-state index contributed by atoms with van der Waals surface area (Å²) in [5.41, 5.74) is 3.23. The number of para-hydroxylation sites is 3. The number of methoxy groups -OCH3 is 2. The highest BCUT2D eigenvalue weighted by Gasteiger charge is 2.54. The quantitative estimate of drug-likeness (QED) is 0.0518. The number of nitrogens with one attached hydrogen (secondary N) is 1. The number of aliphatic hydroxyl groups is 1. The van der Waals surface area contributed by atoms with Crippen molar-refractivity contribution in [1.29, 1.82) is 0 Å². The number of carbonyl (C=O) groups excluding carboxylic acids is 2. The third-order valence-electron chi connectivity index (χ3n) is 14.6. The first-order valence-corrected chi connectivity index (χ1v) is 28.4. The Hall–Kier alpha value is -7.86. The van der Waals surface area contributed by atoms with Crippen molar-refractivity contribution in [2.45, 2.75) is 88.3 Å². The lowest BCUT2D eigenvalue weighted by atomic mass is 9.80. The molecule has 1 aliphatic heterocycles. The van der Waals surface area contributed by atoms with E-state index in [1.165, 1.54) is 4.90 Å². The van der Waals surface area contributed by atoms with Gasteiger partial charge in [-0.15, -0.1) is 0 Å². The number of rotatable bonds is 21. The van der Waals surface area contributed by atoms with Gasteiger partial charge in [0, 0.05) is 6.07 Å². The summed E-state index contributed by atoms with van der Waals surface area (Å²) in [7, 11) is 0.453. The summed E-state index contributed by atoms with van der Waals surface area (Å²) in [6.07, 6.45) is -3.44. The number of hydrogen-bond donors (Lipinski definition) is 2. The largest absolute Gasteiger partial charge is 0.497 e. The molecule has 1 aliphatic rings. The van der Waals surface area contributed by atoms with Crippen LogP contribution in [-0.4, -0.2) is 85.7 Å². The fourth-order valence-electron chi connectivity index (χ4n) is 11.0. The Balaban J connectivity index is 1.16. The van der Waals surface area contributed by atoms with Crippen LogP contribution in [0.3, 0.4) is 0 Å². The number of anilines is 3. The van der Waals surface area contributed by atoms with Crippen molar-refractivity contribution in [2.75, 3.05) is 37.7 Å². The molecule has 0 spiro atoms. The van der Waals surface area contributed by atoms with Gasteiger partial charge in [-0.2, -0.15) is 4.98 Å². The van der Waals surface area contributed by atoms with Crippen molar-refractivity contribution in [3.8, 4) is 23.1 Å². The number of imidazole rings is 1. The highest BCUT2D eigenvalue weighted by Crippen LogP contribution is 2.48. The van der Waals surface area contributed by atoms with Gasteiger partial charge in [0.25, 0.3) is 11.8 Å². The van der Waals surface area contributed by atoms with Crippen LogP contribution in [0.15, 0.2) is 182 Å². The summed E-state index contributed by atoms with van der Waals surface area (Å²) in [6.45, 7) is 12.7. The van der Waals surface area contributed by atoms with Gasteiger partial charge in [-0.3, -0.25) is 4.79 Å². The molecule has 15 nitrogen and oxygen atoms in total. The number of benzene rings is 6. The van der Waals surface area contributed by atoms with Crippen LogP contribution < -0.4 is 29.2 Å². The zero-order valence-corrected chi connectivity index (χ0v) is 46.2. The molecule has 9 rings (SSSR count). The van der Waals surface area contributed by atoms with Crippen LogP contribution in [0.4, 0.5) is 22.0 Å². The van der Waals surface area contributed by atoms with Crippen LogP contribution in [0.1, 0.15) is 64.5 Å². The monoisotopic (exact) mass is 1070 g/mol. The van der Waals surface area contributed by atoms with E-state index in [2.05, 4.69) is 46.9 Å². The first-order chi connectivity index (χ1) is 37.8. The molecule has 0 unspecified atom stereocenters. The van der Waals surface area contributed by atoms with Crippen LogP contribution >= 0.6 is 0 Å². The first kappa shape index (κ1) is 54.9. The smallest absolute Gasteiger partial charge is 0.425 e. The third-order valence-corrected chi connectivity index (χ3v) is 20.7. The van der Waals surface area contributed by atoms with Crippen molar-refractivity contribution < 1.29 is 47.5 Å². The van der Waals surface area contributed by atoms with Crippen molar-refractivity contribution in [1.82, 2.24) is 14.5 Å². The molecule has 3 heterocycles. The molecule has 0 bridgehead atoms. The van der Waals surface area contributed by atoms with E-state index >= 15 is 0 Å². The van der Waals surface area contributed by atoms with Gasteiger partial charge in [0.15, 0.2) is 18.4 Å². The zero-order valence-electron chi connectivity index (χ0n) is 45.2. The van der Waals surface area contributed by atoms with Gasteiger partial charge in [0.05, 0.1) is 44.0 Å². The molecule has 1 saturated heterocycles. The predicted octanol–water partition coefficient (Wildman–Crippen LogP) is 12.6. The molecule has 2 amide bonds. The predicted molar refractivity (Wildman–Crippen MR) is 303 cm³/mol. The number of carbonyl (C=O) groups is 2. The maximum atomic E-state index is 14.6. The van der Waals surface area contributed by atoms with Gasteiger partial charge >= 0.3 is 6.09 Å². The number of nitrogens with zero attached hydrogens (tertiary/aromatic N) is 4. The topological polar surface area (TPSA) is 165 Å². The molecule has 0 saturated carbocycles. The minimum atomic E-state index is -2.80. The molecule has 0 radical (unpaired) electrons. The second-order valence-electron chi connectivity index (χ2n) is 20.1. The molecular weight excluding hydrogens is 1000 g/mol. The lowest BCUT2D eigenvalue weighted by molar-refractivity contribution is -0.118. The van der Waals surface area contributed by atoms with E-state index in [1.807, 2.05) is 133 Å². The molecule has 78 heavy (non-hydrogen) atoms. The van der Waals surface area contributed by atoms with Gasteiger partial charge < -0.3 is 47.8 Å². The van der Waals surface area contributed by atoms with Crippen LogP contribution in [0.25, 0.3) is 11.0 Å². The van der Waals surface area contributed by atoms with Crippen LogP contribution in [-0.2, 0) is 24.3 Å². The fraction of sp³-hybridized carbons (Fsp3) is 0.290. The summed E-state index contributed by atoms with van der Waals surface area (Å²) in [6, 6.07) is 54.2. The van der Waals surface area contributed by atoms with Crippen LogP contribution in [0.2, 0.25) is 16.6 Å². The molecule has 0 aliphatic carbocycles. The molecular formula is C62H67N5O10Si. The lowest BCUT2D eigenvalue weighted by Gasteiger charge is -2.45. The van der Waals surface area contributed by atoms with Crippen molar-refractivity contribution in [3.63, 3.8) is 0 Å². The normalized spacial score (nSPS) is 16.6. The lowest BCUT2D eigenvalue weighted by Crippen LogP contribution is -2.53. The second kappa shape index (κ2) is 24.2. The molecule has 2 aromatic heterocycles. The average Bonchev–Trinajstić information content (AvgIpc) is 4.20. The maximum absolute atomic E-state index is 14.6. The van der Waals surface area contributed by atoms with E-state index in [9.17, 15) is 14.7 Å². The van der Waals surface area contributed by atoms with E-state index in [4.69, 9.17) is 42.8 Å². The molecule has 1 fully saturated rings. The number of aliphatic hydroxyl groups excluding tert-OH is 1. The minimum absolute atomic E-state index is 0.0393. The van der Waals surface area contributed by atoms with E-state index in [0.29, 0.717) is 34.1 Å². The number of fused-ring (bicyclic) bond motifs is 1. The standard InChI is InChI=1S/C62H67N5O10Si/c1-41(2)78(42(3)4,43(5)6)77-58-57(69)53(38-74-62(44-21-13-9-14-22-44,45-29-33-49(71-7)34-30-45)46-31-35-50(72-8)36-32-46)75-60(58)66-40-63-56-52(66)37-54(64-55(68)39-73-51-27-19-12-20-28-51)65-59(56)76-61(70)67(47-23-15-10-16-24-47)48-25-17-11-18-26-48/h9-37,40-43,53,57-58,60,69H,38-39H2,1-8H3,(H,64,65,68)/t53-,57-,58-,60-/m1/s1. The molecule has 8 aromatic rings. The van der Waals surface area contributed by atoms with Gasteiger partial charge in [0.1, 0.15) is 47.0 Å². The average molecular weight is 1070 g/mol. The van der Waals surface area contributed by atoms with Gasteiger partial charge in [-0.1, -0.05) is 151 Å². The fourth-order valence-corrected chi connectivity index (χ4v) is 16.5. The van der Waals surface area contributed by atoms with E-state index in [-0.39, 0.29) is 47.1 Å². The Bertz CT molecular complexity index is 3130. The van der Waals surface area contributed by atoms with Gasteiger partial charge in [-0.25, -0.2) is 14.7 Å². The first-order valence-electron chi connectivity index (χ1n) is 26.2. The summed E-state index contributed by atoms with van der Waals surface area (Å²) < 4.78 is 47.1. The molecule has 2 N–H and O–H groups in total. The Morgan fingerprint density at radius 3 is 1.71 bits per heavy atom. The second-order valence-corrected chi connectivity index (χ2v) is 25.5. The Morgan fingerprint density at radius 1 is 0.692 bits per heavy atom. The van der Waals surface area contributed by atoms with E-state index in [0.717, 1.165) is 16.7 Å². The maximum Gasteiger partial charge on any atom is 0.425 e. The van der Waals surface area contributed by atoms with Crippen molar-refractivity contribution in [2.24, 2.45) is 0 Å². The SMILES string of the molecule is COc1ccc(C(OC[C@H]2O[C@@H](n3cnc4c(OC(=O)N(c5ccccc5)c5ccccc5)nc(NC(=O)COc5ccccc5)cc43)[C@H](O[Si](C(C)C)(C(C)C)C(C)C)[C@@H]2O)(c2ccccc2)c2ccc(OC)cc2)cc1. The van der Waals surface area contributed by atoms with Crippen LogP contribution in [0.5, 0.6) is 23.1 Å². The molecule has 4 atom stereocenters. The van der Waals surface area contributed by atoms with Crippen molar-refractivity contribution >= 4 is 48.5 Å². The Morgan fingerprint density at radius 2 is 1.19 bits per heavy atom. The van der Waals surface area contributed by atoms with E-state index in [1.54, 1.807) is 67.6 Å². The zero-order chi connectivity index (χ0) is 55.0. The molecule has 6 aromatic carbocycles. The third kappa shape index (κ3) is 11.3. The Kier molecular flexibility index (Phi) is 17.0. The number of pyridine rings is 1. The summed E-state index contributed by atoms with van der Waals surface area (Å²) in [5.74, 6) is 1.18. The van der Waals surface area contributed by atoms with Crippen molar-refractivity contribution in [3.05, 3.63) is 199 Å². The molecule has 16 heteroatoms. The van der Waals surface area contributed by atoms with E-state index < -0.39 is 50.5 Å². The minimum Gasteiger partial charge on any atom is -0.497 e.